The molecule has 5 saturated carbocycles. The number of nitrogens with zero attached hydrogens (tertiary/aromatic N) is 2. The SMILES string of the molecule is N#CCN(C(=O)CC12CC3CC(CC(C3)C1)C2)C1CC1. The molecule has 20 heavy (non-hydrogen) atoms. The maximum Gasteiger partial charge on any atom is 0.224 e. The van der Waals surface area contributed by atoms with Gasteiger partial charge in [-0.2, -0.15) is 5.26 Å². The summed E-state index contributed by atoms with van der Waals surface area (Å²) in [7, 11) is 0. The average Bonchev–Trinajstić information content (AvgIpc) is 3.17. The Morgan fingerprint density at radius 3 is 2.10 bits per heavy atom. The molecular formula is C17H24N2O. The monoisotopic (exact) mass is 272 g/mol. The first-order valence-electron chi connectivity index (χ1n) is 8.34. The Hall–Kier alpha value is -1.04. The number of nitriles is 1. The molecule has 0 radical (unpaired) electrons. The smallest absolute Gasteiger partial charge is 0.224 e. The summed E-state index contributed by atoms with van der Waals surface area (Å²) < 4.78 is 0. The van der Waals surface area contributed by atoms with E-state index >= 15 is 0 Å². The number of hydrogen-bond donors (Lipinski definition) is 0. The van der Waals surface area contributed by atoms with Crippen LogP contribution in [-0.4, -0.2) is 23.4 Å². The van der Waals surface area contributed by atoms with E-state index in [0.717, 1.165) is 37.0 Å². The summed E-state index contributed by atoms with van der Waals surface area (Å²) in [5.41, 5.74) is 0.314. The van der Waals surface area contributed by atoms with Crippen molar-refractivity contribution in [3.8, 4) is 6.07 Å². The lowest BCUT2D eigenvalue weighted by molar-refractivity contribution is -0.139. The number of carbonyl (C=O) groups is 1. The largest absolute Gasteiger partial charge is 0.326 e. The Morgan fingerprint density at radius 2 is 1.65 bits per heavy atom. The normalized spacial score (nSPS) is 41.5. The highest BCUT2D eigenvalue weighted by atomic mass is 16.2. The summed E-state index contributed by atoms with van der Waals surface area (Å²) in [5.74, 6) is 2.98. The molecule has 5 aliphatic rings. The minimum absolute atomic E-state index is 0.274. The summed E-state index contributed by atoms with van der Waals surface area (Å²) in [4.78, 5) is 14.5. The topological polar surface area (TPSA) is 44.1 Å². The van der Waals surface area contributed by atoms with Crippen molar-refractivity contribution in [2.24, 2.45) is 23.2 Å². The molecule has 0 heterocycles. The third-order valence-electron chi connectivity index (χ3n) is 6.24. The zero-order chi connectivity index (χ0) is 13.7. The Kier molecular flexibility index (Phi) is 2.84. The highest BCUT2D eigenvalue weighted by Gasteiger charge is 2.52. The minimum atomic E-state index is 0.274. The second kappa shape index (κ2) is 4.48. The number of rotatable bonds is 4. The van der Waals surface area contributed by atoms with Gasteiger partial charge in [-0.15, -0.1) is 0 Å². The van der Waals surface area contributed by atoms with Gasteiger partial charge in [0.05, 0.1) is 6.07 Å². The lowest BCUT2D eigenvalue weighted by atomic mass is 9.49. The van der Waals surface area contributed by atoms with Gasteiger partial charge in [0.15, 0.2) is 0 Å². The standard InChI is InChI=1S/C17H24N2O/c18-3-4-19(15-1-2-15)16(20)11-17-8-12-5-13(9-17)7-14(6-12)10-17/h12-15H,1-2,4-11H2. The fraction of sp³-hybridized carbons (Fsp3) is 0.882. The van der Waals surface area contributed by atoms with Crippen LogP contribution in [0.1, 0.15) is 57.8 Å². The summed E-state index contributed by atoms with van der Waals surface area (Å²) in [6.07, 6.45) is 11.1. The molecule has 0 saturated heterocycles. The van der Waals surface area contributed by atoms with Crippen molar-refractivity contribution in [2.45, 2.75) is 63.8 Å². The summed E-state index contributed by atoms with van der Waals surface area (Å²) >= 11 is 0. The summed E-state index contributed by atoms with van der Waals surface area (Å²) in [5, 5.41) is 8.95. The zero-order valence-electron chi connectivity index (χ0n) is 12.2. The van der Waals surface area contributed by atoms with Crippen molar-refractivity contribution < 1.29 is 4.79 Å². The zero-order valence-corrected chi connectivity index (χ0v) is 12.2. The van der Waals surface area contributed by atoms with Crippen LogP contribution in [-0.2, 0) is 4.79 Å². The minimum Gasteiger partial charge on any atom is -0.326 e. The van der Waals surface area contributed by atoms with Gasteiger partial charge in [0.25, 0.3) is 0 Å². The fourth-order valence-electron chi connectivity index (χ4n) is 5.81. The maximum atomic E-state index is 12.7. The van der Waals surface area contributed by atoms with Crippen molar-refractivity contribution in [2.75, 3.05) is 6.54 Å². The third kappa shape index (κ3) is 2.14. The Labute approximate surface area is 121 Å². The number of hydrogen-bond acceptors (Lipinski definition) is 2. The highest BCUT2D eigenvalue weighted by Crippen LogP contribution is 2.61. The van der Waals surface area contributed by atoms with E-state index in [9.17, 15) is 4.79 Å². The molecule has 3 nitrogen and oxygen atoms in total. The van der Waals surface area contributed by atoms with Crippen LogP contribution < -0.4 is 0 Å². The van der Waals surface area contributed by atoms with Gasteiger partial charge in [-0.25, -0.2) is 0 Å². The van der Waals surface area contributed by atoms with Crippen LogP contribution in [0.5, 0.6) is 0 Å². The summed E-state index contributed by atoms with van der Waals surface area (Å²) in [6, 6.07) is 2.57. The van der Waals surface area contributed by atoms with Gasteiger partial charge in [-0.1, -0.05) is 0 Å². The average molecular weight is 272 g/mol. The molecule has 5 fully saturated rings. The molecule has 0 spiro atoms. The van der Waals surface area contributed by atoms with Crippen molar-refractivity contribution >= 4 is 5.91 Å². The van der Waals surface area contributed by atoms with Crippen molar-refractivity contribution in [1.82, 2.24) is 4.90 Å². The molecule has 0 N–H and O–H groups in total. The van der Waals surface area contributed by atoms with E-state index in [1.165, 1.54) is 38.5 Å². The van der Waals surface area contributed by atoms with Crippen LogP contribution in [0.3, 0.4) is 0 Å². The first-order chi connectivity index (χ1) is 9.67. The van der Waals surface area contributed by atoms with Gasteiger partial charge in [-0.3, -0.25) is 4.79 Å². The van der Waals surface area contributed by atoms with E-state index in [1.807, 2.05) is 4.90 Å². The van der Waals surface area contributed by atoms with E-state index in [-0.39, 0.29) is 5.91 Å². The maximum absolute atomic E-state index is 12.7. The molecule has 5 rings (SSSR count). The van der Waals surface area contributed by atoms with Gasteiger partial charge < -0.3 is 4.90 Å². The van der Waals surface area contributed by atoms with Gasteiger partial charge >= 0.3 is 0 Å². The molecule has 0 aromatic heterocycles. The van der Waals surface area contributed by atoms with Crippen LogP contribution >= 0.6 is 0 Å². The van der Waals surface area contributed by atoms with E-state index < -0.39 is 0 Å². The van der Waals surface area contributed by atoms with Crippen LogP contribution in [0.2, 0.25) is 0 Å². The van der Waals surface area contributed by atoms with E-state index in [2.05, 4.69) is 6.07 Å². The summed E-state index contributed by atoms with van der Waals surface area (Å²) in [6.45, 7) is 0.301. The van der Waals surface area contributed by atoms with Crippen LogP contribution in [0.15, 0.2) is 0 Å². The Balaban J connectivity index is 1.48. The second-order valence-corrected chi connectivity index (χ2v) is 8.01. The van der Waals surface area contributed by atoms with Gasteiger partial charge in [0.1, 0.15) is 6.54 Å². The number of amides is 1. The Morgan fingerprint density at radius 1 is 1.10 bits per heavy atom. The predicted octanol–water partition coefficient (Wildman–Crippen LogP) is 3.11. The molecule has 1 amide bonds. The molecule has 3 heteroatoms. The molecule has 0 aromatic rings. The van der Waals surface area contributed by atoms with Gasteiger partial charge in [0, 0.05) is 12.5 Å². The molecule has 4 bridgehead atoms. The lowest BCUT2D eigenvalue weighted by Gasteiger charge is -2.57. The predicted molar refractivity (Wildman–Crippen MR) is 75.6 cm³/mol. The lowest BCUT2D eigenvalue weighted by Crippen LogP contribution is -2.48. The first-order valence-corrected chi connectivity index (χ1v) is 8.34. The van der Waals surface area contributed by atoms with E-state index in [0.29, 0.717) is 18.0 Å². The van der Waals surface area contributed by atoms with Gasteiger partial charge in [-0.05, 0) is 74.5 Å². The van der Waals surface area contributed by atoms with Crippen molar-refractivity contribution in [3.05, 3.63) is 0 Å². The first kappa shape index (κ1) is 12.7. The quantitative estimate of drug-likeness (QED) is 0.738. The second-order valence-electron chi connectivity index (χ2n) is 8.01. The highest BCUT2D eigenvalue weighted by molar-refractivity contribution is 5.78. The molecule has 0 aromatic carbocycles. The molecule has 5 aliphatic carbocycles. The van der Waals surface area contributed by atoms with Crippen molar-refractivity contribution in [1.29, 1.82) is 5.26 Å². The third-order valence-corrected chi connectivity index (χ3v) is 6.24. The molecular weight excluding hydrogens is 248 g/mol. The van der Waals surface area contributed by atoms with Gasteiger partial charge in [0.2, 0.25) is 5.91 Å². The van der Waals surface area contributed by atoms with E-state index in [4.69, 9.17) is 5.26 Å². The molecule has 0 atom stereocenters. The molecule has 0 unspecified atom stereocenters. The van der Waals surface area contributed by atoms with Crippen LogP contribution in [0, 0.1) is 34.5 Å². The van der Waals surface area contributed by atoms with Crippen molar-refractivity contribution in [3.63, 3.8) is 0 Å². The van der Waals surface area contributed by atoms with Crippen LogP contribution in [0.4, 0.5) is 0 Å². The number of carbonyl (C=O) groups excluding carboxylic acids is 1. The fourth-order valence-corrected chi connectivity index (χ4v) is 5.81. The Bertz CT molecular complexity index is 425. The molecule has 108 valence electrons. The van der Waals surface area contributed by atoms with Crippen LogP contribution in [0.25, 0.3) is 0 Å². The molecule has 0 aliphatic heterocycles. The van der Waals surface area contributed by atoms with E-state index in [1.54, 1.807) is 0 Å².